The van der Waals surface area contributed by atoms with Crippen LogP contribution in [0.3, 0.4) is 0 Å². The van der Waals surface area contributed by atoms with Crippen LogP contribution in [0, 0.1) is 0 Å². The minimum atomic E-state index is 0.409. The zero-order valence-electron chi connectivity index (χ0n) is 11.6. The molecule has 1 rings (SSSR count). The first-order valence-electron chi connectivity index (χ1n) is 6.14. The van der Waals surface area contributed by atoms with Crippen molar-refractivity contribution in [3.05, 3.63) is 18.0 Å². The van der Waals surface area contributed by atoms with E-state index < -0.39 is 0 Å². The van der Waals surface area contributed by atoms with Crippen molar-refractivity contribution in [1.29, 1.82) is 0 Å². The quantitative estimate of drug-likeness (QED) is 0.793. The summed E-state index contributed by atoms with van der Waals surface area (Å²) in [5.74, 6) is 1.40. The average molecular weight is 253 g/mol. The number of nitrogens with two attached hydrogens (primary N) is 1. The summed E-state index contributed by atoms with van der Waals surface area (Å²) in [6.45, 7) is 6.45. The van der Waals surface area contributed by atoms with Crippen LogP contribution in [0.1, 0.15) is 19.5 Å². The van der Waals surface area contributed by atoms with Gasteiger partial charge in [0.25, 0.3) is 0 Å². The molecule has 1 aromatic rings. The highest BCUT2D eigenvalue weighted by molar-refractivity contribution is 5.42. The first-order valence-corrected chi connectivity index (χ1v) is 6.14. The van der Waals surface area contributed by atoms with Crippen LogP contribution in [-0.4, -0.2) is 43.2 Å². The minimum Gasteiger partial charge on any atom is -0.493 e. The van der Waals surface area contributed by atoms with Crippen molar-refractivity contribution in [2.45, 2.75) is 26.4 Å². The summed E-state index contributed by atoms with van der Waals surface area (Å²) in [4.78, 5) is 6.63. The lowest BCUT2D eigenvalue weighted by Crippen LogP contribution is -2.35. The predicted molar refractivity (Wildman–Crippen MR) is 71.9 cm³/mol. The Morgan fingerprint density at radius 3 is 2.56 bits per heavy atom. The Kier molecular flexibility index (Phi) is 5.88. The number of nitrogens with zero attached hydrogens (tertiary/aromatic N) is 2. The van der Waals surface area contributed by atoms with Crippen molar-refractivity contribution in [2.75, 3.05) is 27.3 Å². The fourth-order valence-electron chi connectivity index (χ4n) is 1.84. The number of pyridine rings is 1. The van der Waals surface area contributed by atoms with Crippen LogP contribution in [0.2, 0.25) is 0 Å². The molecule has 0 unspecified atom stereocenters. The Bertz CT molecular complexity index is 369. The third-order valence-corrected chi connectivity index (χ3v) is 2.87. The Labute approximate surface area is 109 Å². The van der Waals surface area contributed by atoms with E-state index in [-0.39, 0.29) is 0 Å². The minimum absolute atomic E-state index is 0.409. The van der Waals surface area contributed by atoms with E-state index in [1.165, 1.54) is 0 Å². The topological polar surface area (TPSA) is 60.6 Å². The van der Waals surface area contributed by atoms with E-state index in [0.717, 1.165) is 12.2 Å². The number of aromatic nitrogens is 1. The summed E-state index contributed by atoms with van der Waals surface area (Å²) in [5, 5.41) is 0. The van der Waals surface area contributed by atoms with E-state index in [2.05, 4.69) is 23.7 Å². The van der Waals surface area contributed by atoms with E-state index in [1.54, 1.807) is 26.5 Å². The van der Waals surface area contributed by atoms with Crippen molar-refractivity contribution in [3.8, 4) is 11.5 Å². The fourth-order valence-corrected chi connectivity index (χ4v) is 1.84. The molecule has 0 saturated carbocycles. The number of rotatable bonds is 7. The average Bonchev–Trinajstić information content (AvgIpc) is 2.37. The van der Waals surface area contributed by atoms with Gasteiger partial charge in [-0.2, -0.15) is 0 Å². The molecule has 0 amide bonds. The van der Waals surface area contributed by atoms with Gasteiger partial charge in [0.15, 0.2) is 11.5 Å². The van der Waals surface area contributed by atoms with Crippen molar-refractivity contribution in [1.82, 2.24) is 9.88 Å². The molecular weight excluding hydrogens is 230 g/mol. The Hall–Kier alpha value is -1.33. The smallest absolute Gasteiger partial charge is 0.183 e. The van der Waals surface area contributed by atoms with Gasteiger partial charge in [0.1, 0.15) is 5.69 Å². The lowest BCUT2D eigenvalue weighted by molar-refractivity contribution is 0.212. The van der Waals surface area contributed by atoms with Crippen molar-refractivity contribution >= 4 is 0 Å². The lowest BCUT2D eigenvalue weighted by atomic mass is 10.2. The highest BCUT2D eigenvalue weighted by atomic mass is 16.5. The first kappa shape index (κ1) is 14.7. The molecule has 5 nitrogen and oxygen atoms in total. The van der Waals surface area contributed by atoms with E-state index in [4.69, 9.17) is 15.2 Å². The third-order valence-electron chi connectivity index (χ3n) is 2.87. The second-order valence-corrected chi connectivity index (χ2v) is 4.35. The Morgan fingerprint density at radius 2 is 2.06 bits per heavy atom. The maximum Gasteiger partial charge on any atom is 0.183 e. The van der Waals surface area contributed by atoms with E-state index in [0.29, 0.717) is 30.6 Å². The van der Waals surface area contributed by atoms with Crippen LogP contribution in [0.5, 0.6) is 11.5 Å². The zero-order chi connectivity index (χ0) is 13.5. The van der Waals surface area contributed by atoms with Crippen molar-refractivity contribution < 1.29 is 9.47 Å². The van der Waals surface area contributed by atoms with E-state index in [9.17, 15) is 0 Å². The molecule has 102 valence electrons. The van der Waals surface area contributed by atoms with Gasteiger partial charge in [0.05, 0.1) is 14.2 Å². The van der Waals surface area contributed by atoms with Gasteiger partial charge in [-0.3, -0.25) is 9.88 Å². The third kappa shape index (κ3) is 3.58. The van der Waals surface area contributed by atoms with Gasteiger partial charge in [0.2, 0.25) is 0 Å². The van der Waals surface area contributed by atoms with Gasteiger partial charge in [0, 0.05) is 37.9 Å². The lowest BCUT2D eigenvalue weighted by Gasteiger charge is -2.26. The van der Waals surface area contributed by atoms with Gasteiger partial charge in [-0.15, -0.1) is 0 Å². The summed E-state index contributed by atoms with van der Waals surface area (Å²) < 4.78 is 10.7. The maximum absolute atomic E-state index is 5.63. The van der Waals surface area contributed by atoms with Gasteiger partial charge >= 0.3 is 0 Å². The molecule has 0 radical (unpaired) electrons. The fraction of sp³-hybridized carbons (Fsp3) is 0.615. The number of ether oxygens (including phenoxy) is 2. The standard InChI is InChI=1S/C13H23N3O2/c1-10(2)16(8-6-14)9-11-13(18-4)12(17-3)5-7-15-11/h5,7,10H,6,8-9,14H2,1-4H3. The number of methoxy groups -OCH3 is 2. The van der Waals surface area contributed by atoms with Crippen LogP contribution in [0.15, 0.2) is 12.3 Å². The van der Waals surface area contributed by atoms with Crippen LogP contribution >= 0.6 is 0 Å². The van der Waals surface area contributed by atoms with Gasteiger partial charge < -0.3 is 15.2 Å². The predicted octanol–water partition coefficient (Wildman–Crippen LogP) is 1.27. The van der Waals surface area contributed by atoms with Crippen LogP contribution in [0.25, 0.3) is 0 Å². The number of hydrogen-bond acceptors (Lipinski definition) is 5. The molecule has 5 heteroatoms. The molecule has 0 saturated heterocycles. The molecule has 0 atom stereocenters. The van der Waals surface area contributed by atoms with Gasteiger partial charge in [-0.05, 0) is 13.8 Å². The maximum atomic E-state index is 5.63. The first-order chi connectivity index (χ1) is 8.63. The summed E-state index contributed by atoms with van der Waals surface area (Å²) >= 11 is 0. The molecular formula is C13H23N3O2. The molecule has 0 aromatic carbocycles. The van der Waals surface area contributed by atoms with Gasteiger partial charge in [-0.1, -0.05) is 0 Å². The van der Waals surface area contributed by atoms with Crippen LogP contribution in [0.4, 0.5) is 0 Å². The second-order valence-electron chi connectivity index (χ2n) is 4.35. The van der Waals surface area contributed by atoms with Gasteiger partial charge in [-0.25, -0.2) is 0 Å². The van der Waals surface area contributed by atoms with E-state index >= 15 is 0 Å². The molecule has 0 bridgehead atoms. The Morgan fingerprint density at radius 1 is 1.33 bits per heavy atom. The largest absolute Gasteiger partial charge is 0.493 e. The summed E-state index contributed by atoms with van der Waals surface area (Å²) in [5.41, 5.74) is 6.50. The SMILES string of the molecule is COc1ccnc(CN(CCN)C(C)C)c1OC. The summed E-state index contributed by atoms with van der Waals surface area (Å²) in [7, 11) is 3.26. The molecule has 0 fully saturated rings. The zero-order valence-corrected chi connectivity index (χ0v) is 11.6. The van der Waals surface area contributed by atoms with Crippen molar-refractivity contribution in [3.63, 3.8) is 0 Å². The highest BCUT2D eigenvalue weighted by Crippen LogP contribution is 2.29. The molecule has 0 aliphatic rings. The Balaban J connectivity index is 2.94. The molecule has 0 aliphatic carbocycles. The van der Waals surface area contributed by atoms with E-state index in [1.807, 2.05) is 0 Å². The number of hydrogen-bond donors (Lipinski definition) is 1. The molecule has 1 aromatic heterocycles. The summed E-state index contributed by atoms with van der Waals surface area (Å²) in [6.07, 6.45) is 1.73. The van der Waals surface area contributed by atoms with Crippen LogP contribution < -0.4 is 15.2 Å². The molecule has 1 heterocycles. The molecule has 18 heavy (non-hydrogen) atoms. The summed E-state index contributed by atoms with van der Waals surface area (Å²) in [6, 6.07) is 2.21. The van der Waals surface area contributed by atoms with Crippen LogP contribution in [-0.2, 0) is 6.54 Å². The second kappa shape index (κ2) is 7.18. The molecule has 0 aliphatic heterocycles. The normalized spacial score (nSPS) is 11.1. The molecule has 2 N–H and O–H groups in total. The van der Waals surface area contributed by atoms with Crippen molar-refractivity contribution in [2.24, 2.45) is 5.73 Å². The monoisotopic (exact) mass is 253 g/mol. The highest BCUT2D eigenvalue weighted by Gasteiger charge is 2.16. The molecule has 0 spiro atoms.